The molecule has 0 aromatic carbocycles. The molecule has 3 rings (SSSR count). The molecule has 1 fully saturated rings. The van der Waals surface area contributed by atoms with Crippen LogP contribution in [0.1, 0.15) is 36.0 Å². The van der Waals surface area contributed by atoms with E-state index in [1.807, 2.05) is 0 Å². The van der Waals surface area contributed by atoms with Crippen molar-refractivity contribution in [2.45, 2.75) is 31.5 Å². The number of aromatic nitrogens is 4. The summed E-state index contributed by atoms with van der Waals surface area (Å²) in [6.07, 6.45) is 1.31. The van der Waals surface area contributed by atoms with Crippen LogP contribution in [-0.2, 0) is 12.7 Å². The summed E-state index contributed by atoms with van der Waals surface area (Å²) in [6.45, 7) is 2.01. The highest BCUT2D eigenvalue weighted by molar-refractivity contribution is 5.17. The van der Waals surface area contributed by atoms with Crippen molar-refractivity contribution in [3.8, 4) is 5.88 Å². The Morgan fingerprint density at radius 2 is 2.08 bits per heavy atom. The summed E-state index contributed by atoms with van der Waals surface area (Å²) in [5.41, 5.74) is -0.0821. The van der Waals surface area contributed by atoms with Crippen molar-refractivity contribution in [3.63, 3.8) is 0 Å². The van der Waals surface area contributed by atoms with Gasteiger partial charge in [-0.3, -0.25) is 9.88 Å². The average Bonchev–Trinajstić information content (AvgIpc) is 3.06. The van der Waals surface area contributed by atoms with E-state index < -0.39 is 11.9 Å². The Morgan fingerprint density at radius 1 is 1.29 bits per heavy atom. The fourth-order valence-corrected chi connectivity index (χ4v) is 2.96. The molecule has 1 unspecified atom stereocenters. The molecule has 3 heterocycles. The van der Waals surface area contributed by atoms with Crippen LogP contribution >= 0.6 is 0 Å². The van der Waals surface area contributed by atoms with Gasteiger partial charge in [0.1, 0.15) is 17.2 Å². The van der Waals surface area contributed by atoms with Gasteiger partial charge in [-0.1, -0.05) is 0 Å². The smallest absolute Gasteiger partial charge is 0.432 e. The molecule has 2 aromatic heterocycles. The maximum absolute atomic E-state index is 12.7. The van der Waals surface area contributed by atoms with E-state index in [1.54, 1.807) is 12.4 Å². The van der Waals surface area contributed by atoms with Crippen LogP contribution in [0.2, 0.25) is 0 Å². The van der Waals surface area contributed by atoms with Gasteiger partial charge >= 0.3 is 6.18 Å². The van der Waals surface area contributed by atoms with Crippen LogP contribution in [0.4, 0.5) is 13.2 Å². The third-order valence-corrected chi connectivity index (χ3v) is 4.10. The lowest BCUT2D eigenvalue weighted by atomic mass is 9.97. The fraction of sp³-hybridized carbons (Fsp3) is 0.533. The Morgan fingerprint density at radius 3 is 2.79 bits per heavy atom. The highest BCUT2D eigenvalue weighted by Crippen LogP contribution is 2.31. The van der Waals surface area contributed by atoms with E-state index in [9.17, 15) is 13.2 Å². The number of hydrogen-bond donors (Lipinski definition) is 1. The normalized spacial score (nSPS) is 19.4. The van der Waals surface area contributed by atoms with Gasteiger partial charge in [0.05, 0.1) is 13.3 Å². The summed E-state index contributed by atoms with van der Waals surface area (Å²) in [5.74, 6) is 0.799. The lowest BCUT2D eigenvalue weighted by Gasteiger charge is -2.31. The molecule has 0 amide bonds. The minimum absolute atomic E-state index is 0.0579. The van der Waals surface area contributed by atoms with E-state index in [0.29, 0.717) is 24.8 Å². The first-order valence-electron chi connectivity index (χ1n) is 7.65. The predicted molar refractivity (Wildman–Crippen MR) is 79.4 cm³/mol. The van der Waals surface area contributed by atoms with Crippen molar-refractivity contribution in [2.75, 3.05) is 20.2 Å². The summed E-state index contributed by atoms with van der Waals surface area (Å²) in [7, 11) is 1.54. The summed E-state index contributed by atoms with van der Waals surface area (Å²) >= 11 is 0. The van der Waals surface area contributed by atoms with Crippen LogP contribution in [0.3, 0.4) is 0 Å². The Labute approximate surface area is 137 Å². The monoisotopic (exact) mass is 341 g/mol. The molecule has 130 valence electrons. The number of nitrogens with zero attached hydrogens (tertiary/aromatic N) is 4. The second-order valence-electron chi connectivity index (χ2n) is 5.77. The number of imidazole rings is 1. The molecule has 6 nitrogen and oxygen atoms in total. The number of likely N-dealkylation sites (tertiary alicyclic amines) is 1. The third kappa shape index (κ3) is 3.66. The van der Waals surface area contributed by atoms with Gasteiger partial charge in [0, 0.05) is 31.4 Å². The van der Waals surface area contributed by atoms with Crippen LogP contribution < -0.4 is 4.74 Å². The molecule has 24 heavy (non-hydrogen) atoms. The maximum Gasteiger partial charge on any atom is 0.432 e. The molecule has 0 saturated carbocycles. The lowest BCUT2D eigenvalue weighted by Crippen LogP contribution is -2.34. The highest BCUT2D eigenvalue weighted by Gasteiger charge is 2.34. The van der Waals surface area contributed by atoms with Crippen LogP contribution in [0.5, 0.6) is 5.88 Å². The second kappa shape index (κ2) is 6.76. The number of ether oxygens (including phenoxy) is 1. The number of H-pyrrole nitrogens is 1. The van der Waals surface area contributed by atoms with Gasteiger partial charge in [-0.15, -0.1) is 0 Å². The van der Waals surface area contributed by atoms with E-state index in [0.717, 1.165) is 31.3 Å². The fourth-order valence-electron chi connectivity index (χ4n) is 2.96. The first-order chi connectivity index (χ1) is 11.5. The third-order valence-electron chi connectivity index (χ3n) is 4.10. The Hall–Kier alpha value is -2.16. The molecule has 9 heteroatoms. The molecule has 0 bridgehead atoms. The van der Waals surface area contributed by atoms with Crippen molar-refractivity contribution in [1.29, 1.82) is 0 Å². The number of aromatic amines is 1. The van der Waals surface area contributed by atoms with Gasteiger partial charge in [-0.25, -0.2) is 9.97 Å². The number of halogens is 3. The number of hydrogen-bond acceptors (Lipinski definition) is 5. The molecule has 1 aliphatic rings. The van der Waals surface area contributed by atoms with Crippen LogP contribution in [0.15, 0.2) is 18.6 Å². The van der Waals surface area contributed by atoms with Crippen LogP contribution in [-0.4, -0.2) is 45.0 Å². The zero-order valence-corrected chi connectivity index (χ0v) is 13.2. The zero-order valence-electron chi connectivity index (χ0n) is 13.2. The van der Waals surface area contributed by atoms with Crippen molar-refractivity contribution in [2.24, 2.45) is 0 Å². The number of methoxy groups -OCH3 is 1. The summed E-state index contributed by atoms with van der Waals surface area (Å²) in [5, 5.41) is 0. The molecular formula is C15H18F3N5O. The van der Waals surface area contributed by atoms with E-state index in [4.69, 9.17) is 4.74 Å². The van der Waals surface area contributed by atoms with Gasteiger partial charge < -0.3 is 9.72 Å². The first-order valence-corrected chi connectivity index (χ1v) is 7.65. The molecule has 0 spiro atoms. The molecule has 1 atom stereocenters. The number of piperidine rings is 1. The molecular weight excluding hydrogens is 323 g/mol. The molecule has 1 aliphatic heterocycles. The van der Waals surface area contributed by atoms with Crippen LogP contribution in [0.25, 0.3) is 0 Å². The zero-order chi connectivity index (χ0) is 17.2. The minimum Gasteiger partial charge on any atom is -0.480 e. The summed E-state index contributed by atoms with van der Waals surface area (Å²) < 4.78 is 43.3. The Bertz CT molecular complexity index is 688. The number of rotatable bonds is 4. The van der Waals surface area contributed by atoms with Gasteiger partial charge in [0.25, 0.3) is 0 Å². The topological polar surface area (TPSA) is 66.9 Å². The number of alkyl halides is 3. The lowest BCUT2D eigenvalue weighted by molar-refractivity contribution is -0.141. The molecule has 1 saturated heterocycles. The largest absolute Gasteiger partial charge is 0.480 e. The average molecular weight is 341 g/mol. The van der Waals surface area contributed by atoms with E-state index in [2.05, 4.69) is 24.8 Å². The maximum atomic E-state index is 12.7. The Balaban J connectivity index is 1.69. The second-order valence-corrected chi connectivity index (χ2v) is 5.77. The minimum atomic E-state index is -4.40. The first kappa shape index (κ1) is 16.7. The van der Waals surface area contributed by atoms with Crippen LogP contribution in [0, 0.1) is 0 Å². The van der Waals surface area contributed by atoms with E-state index >= 15 is 0 Å². The van der Waals surface area contributed by atoms with Gasteiger partial charge in [0.15, 0.2) is 0 Å². The van der Waals surface area contributed by atoms with Gasteiger partial charge in [-0.05, 0) is 19.4 Å². The van der Waals surface area contributed by atoms with E-state index in [1.165, 1.54) is 7.11 Å². The SMILES string of the molecule is COc1nccnc1CN1CCCC(c2ncc(C(F)(F)F)[nH]2)C1. The van der Waals surface area contributed by atoms with Gasteiger partial charge in [-0.2, -0.15) is 13.2 Å². The summed E-state index contributed by atoms with van der Waals surface area (Å²) in [6, 6.07) is 0. The van der Waals surface area contributed by atoms with Crippen molar-refractivity contribution in [1.82, 2.24) is 24.8 Å². The van der Waals surface area contributed by atoms with Gasteiger partial charge in [0.2, 0.25) is 5.88 Å². The number of nitrogens with one attached hydrogen (secondary N) is 1. The molecule has 0 radical (unpaired) electrons. The quantitative estimate of drug-likeness (QED) is 0.926. The standard InChI is InChI=1S/C15H18F3N5O/c1-24-14-11(19-4-5-20-14)9-23-6-2-3-10(8-23)13-21-7-12(22-13)15(16,17)18/h4-5,7,10H,2-3,6,8-9H2,1H3,(H,21,22). The molecule has 2 aromatic rings. The Kier molecular flexibility index (Phi) is 4.70. The predicted octanol–water partition coefficient (Wildman–Crippen LogP) is 2.61. The van der Waals surface area contributed by atoms with Crippen molar-refractivity contribution in [3.05, 3.63) is 35.8 Å². The molecule has 1 N–H and O–H groups in total. The van der Waals surface area contributed by atoms with Crippen molar-refractivity contribution >= 4 is 0 Å². The summed E-state index contributed by atoms with van der Waals surface area (Å²) in [4.78, 5) is 16.9. The molecule has 0 aliphatic carbocycles. The van der Waals surface area contributed by atoms with E-state index in [-0.39, 0.29) is 5.92 Å². The highest BCUT2D eigenvalue weighted by atomic mass is 19.4. The van der Waals surface area contributed by atoms with Crippen molar-refractivity contribution < 1.29 is 17.9 Å².